The van der Waals surface area contributed by atoms with Gasteiger partial charge in [-0.1, -0.05) is 56.9 Å². The third-order valence-corrected chi connectivity index (χ3v) is 3.63. The molecular weight excluding hydrogens is 248 g/mol. The predicted molar refractivity (Wildman–Crippen MR) is 84.1 cm³/mol. The third-order valence-electron chi connectivity index (χ3n) is 3.63. The minimum Gasteiger partial charge on any atom is -0.494 e. The van der Waals surface area contributed by atoms with Gasteiger partial charge in [-0.15, -0.1) is 0 Å². The lowest BCUT2D eigenvalue weighted by Gasteiger charge is -2.09. The van der Waals surface area contributed by atoms with Crippen molar-refractivity contribution in [2.45, 2.75) is 45.6 Å². The molecule has 0 bridgehead atoms. The van der Waals surface area contributed by atoms with Crippen molar-refractivity contribution in [3.05, 3.63) is 42.0 Å². The summed E-state index contributed by atoms with van der Waals surface area (Å²) in [6.45, 7) is 3.09. The minimum atomic E-state index is 0.0783. The Bertz CT molecular complexity index is 534. The highest BCUT2D eigenvalue weighted by Gasteiger charge is 2.01. The maximum absolute atomic E-state index is 9.32. The molecule has 0 amide bonds. The van der Waals surface area contributed by atoms with Crippen molar-refractivity contribution in [2.24, 2.45) is 0 Å². The average Bonchev–Trinajstić information content (AvgIpc) is 2.50. The standard InChI is InChI=1S/C18H24O2/c1-2-3-4-5-6-12-20-17-10-11-18-15(13-17)8-7-9-16(18)14-19/h7-11,13,19H,2-6,12,14H2,1H3. The van der Waals surface area contributed by atoms with Crippen LogP contribution in [0.15, 0.2) is 36.4 Å². The lowest BCUT2D eigenvalue weighted by Crippen LogP contribution is -1.97. The van der Waals surface area contributed by atoms with E-state index in [1.807, 2.05) is 24.3 Å². The van der Waals surface area contributed by atoms with Gasteiger partial charge in [0.05, 0.1) is 13.2 Å². The van der Waals surface area contributed by atoms with Crippen LogP contribution in [0.3, 0.4) is 0 Å². The van der Waals surface area contributed by atoms with Crippen LogP contribution in [0.4, 0.5) is 0 Å². The predicted octanol–water partition coefficient (Wildman–Crippen LogP) is 4.68. The second kappa shape index (κ2) is 7.91. The SMILES string of the molecule is CCCCCCCOc1ccc2c(CO)cccc2c1. The van der Waals surface area contributed by atoms with E-state index >= 15 is 0 Å². The fourth-order valence-electron chi connectivity index (χ4n) is 2.45. The van der Waals surface area contributed by atoms with Crippen molar-refractivity contribution >= 4 is 10.8 Å². The average molecular weight is 272 g/mol. The number of hydrogen-bond donors (Lipinski definition) is 1. The summed E-state index contributed by atoms with van der Waals surface area (Å²) in [7, 11) is 0. The third kappa shape index (κ3) is 3.97. The highest BCUT2D eigenvalue weighted by molar-refractivity contribution is 5.86. The Hall–Kier alpha value is -1.54. The van der Waals surface area contributed by atoms with Crippen molar-refractivity contribution in [3.8, 4) is 5.75 Å². The maximum Gasteiger partial charge on any atom is 0.119 e. The van der Waals surface area contributed by atoms with Crippen LogP contribution in [0.1, 0.15) is 44.6 Å². The van der Waals surface area contributed by atoms with Gasteiger partial charge in [-0.2, -0.15) is 0 Å². The summed E-state index contributed by atoms with van der Waals surface area (Å²) < 4.78 is 5.81. The molecule has 0 fully saturated rings. The van der Waals surface area contributed by atoms with E-state index in [2.05, 4.69) is 19.1 Å². The van der Waals surface area contributed by atoms with Gasteiger partial charge in [-0.05, 0) is 34.9 Å². The maximum atomic E-state index is 9.32. The number of aliphatic hydroxyl groups excluding tert-OH is 1. The van der Waals surface area contributed by atoms with Crippen LogP contribution in [0.5, 0.6) is 5.75 Å². The van der Waals surface area contributed by atoms with Crippen molar-refractivity contribution < 1.29 is 9.84 Å². The molecule has 2 heteroatoms. The summed E-state index contributed by atoms with van der Waals surface area (Å²) in [5, 5.41) is 11.5. The number of benzene rings is 2. The highest BCUT2D eigenvalue weighted by atomic mass is 16.5. The number of unbranched alkanes of at least 4 members (excludes halogenated alkanes) is 4. The minimum absolute atomic E-state index is 0.0783. The lowest BCUT2D eigenvalue weighted by atomic mass is 10.0. The number of ether oxygens (including phenoxy) is 1. The summed E-state index contributed by atoms with van der Waals surface area (Å²) in [5.41, 5.74) is 0.966. The quantitative estimate of drug-likeness (QED) is 0.707. The zero-order chi connectivity index (χ0) is 14.2. The van der Waals surface area contributed by atoms with Gasteiger partial charge in [-0.3, -0.25) is 0 Å². The molecule has 2 nitrogen and oxygen atoms in total. The molecule has 1 N–H and O–H groups in total. The molecule has 0 heterocycles. The summed E-state index contributed by atoms with van der Waals surface area (Å²) >= 11 is 0. The summed E-state index contributed by atoms with van der Waals surface area (Å²) in [4.78, 5) is 0. The van der Waals surface area contributed by atoms with Crippen LogP contribution in [0, 0.1) is 0 Å². The molecule has 0 spiro atoms. The Balaban J connectivity index is 1.91. The van der Waals surface area contributed by atoms with Gasteiger partial charge in [0, 0.05) is 0 Å². The molecule has 0 aliphatic heterocycles. The molecule has 0 aliphatic carbocycles. The fraction of sp³-hybridized carbons (Fsp3) is 0.444. The summed E-state index contributed by atoms with van der Waals surface area (Å²) in [6, 6.07) is 12.1. The van der Waals surface area contributed by atoms with Gasteiger partial charge in [0.25, 0.3) is 0 Å². The highest BCUT2D eigenvalue weighted by Crippen LogP contribution is 2.24. The van der Waals surface area contributed by atoms with E-state index in [1.165, 1.54) is 25.7 Å². The lowest BCUT2D eigenvalue weighted by molar-refractivity contribution is 0.283. The molecule has 0 radical (unpaired) electrons. The van der Waals surface area contributed by atoms with Gasteiger partial charge in [0.15, 0.2) is 0 Å². The summed E-state index contributed by atoms with van der Waals surface area (Å²) in [5.74, 6) is 0.920. The monoisotopic (exact) mass is 272 g/mol. The Morgan fingerprint density at radius 1 is 1.00 bits per heavy atom. The van der Waals surface area contributed by atoms with Gasteiger partial charge < -0.3 is 9.84 Å². The molecule has 0 saturated heterocycles. The van der Waals surface area contributed by atoms with Crippen LogP contribution >= 0.6 is 0 Å². The second-order valence-corrected chi connectivity index (χ2v) is 5.22. The fourth-order valence-corrected chi connectivity index (χ4v) is 2.45. The van der Waals surface area contributed by atoms with E-state index < -0.39 is 0 Å². The first-order chi connectivity index (χ1) is 9.85. The molecule has 0 unspecified atom stereocenters. The van der Waals surface area contributed by atoms with Crippen molar-refractivity contribution in [1.82, 2.24) is 0 Å². The van der Waals surface area contributed by atoms with Crippen LogP contribution in [-0.2, 0) is 6.61 Å². The molecule has 0 aromatic heterocycles. The number of hydrogen-bond acceptors (Lipinski definition) is 2. The molecule has 20 heavy (non-hydrogen) atoms. The van der Waals surface area contributed by atoms with Crippen LogP contribution in [-0.4, -0.2) is 11.7 Å². The van der Waals surface area contributed by atoms with Gasteiger partial charge in [-0.25, -0.2) is 0 Å². The number of fused-ring (bicyclic) bond motifs is 1. The van der Waals surface area contributed by atoms with E-state index in [9.17, 15) is 5.11 Å². The Morgan fingerprint density at radius 2 is 1.85 bits per heavy atom. The number of aliphatic hydroxyl groups is 1. The van der Waals surface area contributed by atoms with E-state index in [-0.39, 0.29) is 6.61 Å². The van der Waals surface area contributed by atoms with E-state index in [0.29, 0.717) is 0 Å². The van der Waals surface area contributed by atoms with Crippen molar-refractivity contribution in [1.29, 1.82) is 0 Å². The first kappa shape index (κ1) is 14.9. The molecular formula is C18H24O2. The smallest absolute Gasteiger partial charge is 0.119 e. The van der Waals surface area contributed by atoms with Gasteiger partial charge >= 0.3 is 0 Å². The van der Waals surface area contributed by atoms with E-state index in [4.69, 9.17) is 4.74 Å². The van der Waals surface area contributed by atoms with E-state index in [0.717, 1.165) is 35.1 Å². The summed E-state index contributed by atoms with van der Waals surface area (Å²) in [6.07, 6.45) is 6.26. The van der Waals surface area contributed by atoms with Crippen LogP contribution < -0.4 is 4.74 Å². The first-order valence-electron chi connectivity index (χ1n) is 7.60. The molecule has 2 aromatic rings. The van der Waals surface area contributed by atoms with Crippen molar-refractivity contribution in [2.75, 3.05) is 6.61 Å². The molecule has 2 aromatic carbocycles. The van der Waals surface area contributed by atoms with Gasteiger partial charge in [0.1, 0.15) is 5.75 Å². The molecule has 0 atom stereocenters. The molecule has 0 saturated carbocycles. The Kier molecular flexibility index (Phi) is 5.87. The van der Waals surface area contributed by atoms with Gasteiger partial charge in [0.2, 0.25) is 0 Å². The zero-order valence-corrected chi connectivity index (χ0v) is 12.3. The molecule has 0 aliphatic rings. The topological polar surface area (TPSA) is 29.5 Å². The largest absolute Gasteiger partial charge is 0.494 e. The second-order valence-electron chi connectivity index (χ2n) is 5.22. The van der Waals surface area contributed by atoms with Crippen LogP contribution in [0.2, 0.25) is 0 Å². The molecule has 108 valence electrons. The molecule has 2 rings (SSSR count). The Morgan fingerprint density at radius 3 is 2.65 bits per heavy atom. The van der Waals surface area contributed by atoms with Crippen molar-refractivity contribution in [3.63, 3.8) is 0 Å². The van der Waals surface area contributed by atoms with E-state index in [1.54, 1.807) is 0 Å². The normalized spacial score (nSPS) is 10.9. The number of rotatable bonds is 8. The Labute approximate surface area is 121 Å². The zero-order valence-electron chi connectivity index (χ0n) is 12.3. The van der Waals surface area contributed by atoms with Crippen LogP contribution in [0.25, 0.3) is 10.8 Å². The first-order valence-corrected chi connectivity index (χ1v) is 7.60.